The van der Waals surface area contributed by atoms with Crippen LogP contribution < -0.4 is 15.4 Å². The summed E-state index contributed by atoms with van der Waals surface area (Å²) in [5.74, 6) is 1.02. The number of nitrogens with zero attached hydrogens (tertiary/aromatic N) is 1. The van der Waals surface area contributed by atoms with Gasteiger partial charge < -0.3 is 20.3 Å². The minimum atomic E-state index is -0.194. The predicted octanol–water partition coefficient (Wildman–Crippen LogP) is 2.29. The maximum atomic E-state index is 11.9. The molecular formula is C18H27N3O3. The largest absolute Gasteiger partial charge is 0.497 e. The van der Waals surface area contributed by atoms with E-state index in [2.05, 4.69) is 10.6 Å². The van der Waals surface area contributed by atoms with Crippen LogP contribution in [0.15, 0.2) is 24.3 Å². The molecule has 2 N–H and O–H groups in total. The summed E-state index contributed by atoms with van der Waals surface area (Å²) in [5, 5.41) is 5.65. The van der Waals surface area contributed by atoms with Crippen LogP contribution in [0.3, 0.4) is 0 Å². The summed E-state index contributed by atoms with van der Waals surface area (Å²) in [7, 11) is 1.62. The van der Waals surface area contributed by atoms with Crippen LogP contribution in [0.2, 0.25) is 0 Å². The van der Waals surface area contributed by atoms with E-state index in [1.807, 2.05) is 29.2 Å². The second-order valence-corrected chi connectivity index (χ2v) is 6.01. The third-order valence-electron chi connectivity index (χ3n) is 4.15. The third kappa shape index (κ3) is 6.10. The Morgan fingerprint density at radius 3 is 2.96 bits per heavy atom. The molecule has 1 aromatic carbocycles. The van der Waals surface area contributed by atoms with Crippen molar-refractivity contribution in [3.63, 3.8) is 0 Å². The Labute approximate surface area is 143 Å². The molecule has 0 spiro atoms. The van der Waals surface area contributed by atoms with Gasteiger partial charge in [0, 0.05) is 32.6 Å². The summed E-state index contributed by atoms with van der Waals surface area (Å²) in [6.07, 6.45) is 4.65. The Hall–Kier alpha value is -2.24. The molecule has 6 heteroatoms. The molecule has 1 aromatic rings. The van der Waals surface area contributed by atoms with Crippen molar-refractivity contribution < 1.29 is 14.3 Å². The number of rotatable bonds is 7. The minimum absolute atomic E-state index is 0.194. The number of nitrogens with one attached hydrogen (secondary N) is 2. The zero-order valence-corrected chi connectivity index (χ0v) is 14.3. The number of methoxy groups -OCH3 is 1. The van der Waals surface area contributed by atoms with Crippen molar-refractivity contribution in [3.8, 4) is 5.75 Å². The van der Waals surface area contributed by atoms with E-state index in [1.165, 1.54) is 0 Å². The Bertz CT molecular complexity index is 548. The molecule has 24 heavy (non-hydrogen) atoms. The van der Waals surface area contributed by atoms with E-state index >= 15 is 0 Å². The number of carbonyl (C=O) groups is 2. The fourth-order valence-electron chi connectivity index (χ4n) is 2.77. The lowest BCUT2D eigenvalue weighted by atomic mass is 10.2. The van der Waals surface area contributed by atoms with Gasteiger partial charge in [-0.05, 0) is 37.0 Å². The van der Waals surface area contributed by atoms with E-state index in [1.54, 1.807) is 7.11 Å². The highest BCUT2D eigenvalue weighted by atomic mass is 16.5. The average Bonchev–Trinajstić information content (AvgIpc) is 2.81. The first-order chi connectivity index (χ1) is 11.7. The van der Waals surface area contributed by atoms with Crippen LogP contribution in [-0.2, 0) is 11.3 Å². The summed E-state index contributed by atoms with van der Waals surface area (Å²) in [5.41, 5.74) is 0.986. The molecule has 1 fully saturated rings. The molecule has 0 aromatic heterocycles. The predicted molar refractivity (Wildman–Crippen MR) is 92.9 cm³/mol. The Balaban J connectivity index is 1.61. The first-order valence-electron chi connectivity index (χ1n) is 8.61. The highest BCUT2D eigenvalue weighted by Gasteiger charge is 2.15. The second-order valence-electron chi connectivity index (χ2n) is 6.01. The normalized spacial score (nSPS) is 14.9. The van der Waals surface area contributed by atoms with Crippen molar-refractivity contribution in [2.75, 3.05) is 26.7 Å². The monoisotopic (exact) mass is 333 g/mol. The van der Waals surface area contributed by atoms with Gasteiger partial charge in [-0.25, -0.2) is 4.79 Å². The van der Waals surface area contributed by atoms with Gasteiger partial charge in [-0.3, -0.25) is 4.79 Å². The first kappa shape index (κ1) is 18.1. The van der Waals surface area contributed by atoms with E-state index < -0.39 is 0 Å². The Morgan fingerprint density at radius 1 is 1.25 bits per heavy atom. The molecule has 0 saturated carbocycles. The van der Waals surface area contributed by atoms with Gasteiger partial charge in [0.2, 0.25) is 5.91 Å². The van der Waals surface area contributed by atoms with E-state index in [9.17, 15) is 9.59 Å². The SMILES string of the molecule is COc1cccc(CNC(=O)NCCCN2CCCCCC2=O)c1. The van der Waals surface area contributed by atoms with Crippen molar-refractivity contribution in [3.05, 3.63) is 29.8 Å². The van der Waals surface area contributed by atoms with E-state index in [0.29, 0.717) is 19.5 Å². The van der Waals surface area contributed by atoms with Crippen molar-refractivity contribution in [1.29, 1.82) is 0 Å². The summed E-state index contributed by atoms with van der Waals surface area (Å²) in [6, 6.07) is 7.40. The number of urea groups is 1. The van der Waals surface area contributed by atoms with Crippen molar-refractivity contribution in [2.45, 2.75) is 38.6 Å². The lowest BCUT2D eigenvalue weighted by Crippen LogP contribution is -2.38. The fraction of sp³-hybridized carbons (Fsp3) is 0.556. The van der Waals surface area contributed by atoms with Crippen molar-refractivity contribution in [1.82, 2.24) is 15.5 Å². The van der Waals surface area contributed by atoms with Crippen LogP contribution in [0, 0.1) is 0 Å². The number of likely N-dealkylation sites (tertiary alicyclic amines) is 1. The molecule has 1 aliphatic heterocycles. The molecule has 0 radical (unpaired) electrons. The smallest absolute Gasteiger partial charge is 0.315 e. The number of hydrogen-bond acceptors (Lipinski definition) is 3. The molecular weight excluding hydrogens is 306 g/mol. The lowest BCUT2D eigenvalue weighted by molar-refractivity contribution is -0.130. The molecule has 1 heterocycles. The molecule has 0 aliphatic carbocycles. The van der Waals surface area contributed by atoms with Gasteiger partial charge in [0.25, 0.3) is 0 Å². The van der Waals surface area contributed by atoms with Gasteiger partial charge in [0.15, 0.2) is 0 Å². The summed E-state index contributed by atoms with van der Waals surface area (Å²) in [4.78, 5) is 25.6. The van der Waals surface area contributed by atoms with Gasteiger partial charge >= 0.3 is 6.03 Å². The van der Waals surface area contributed by atoms with Gasteiger partial charge in [0.05, 0.1) is 7.11 Å². The number of carbonyl (C=O) groups excluding carboxylic acids is 2. The van der Waals surface area contributed by atoms with Gasteiger partial charge in [0.1, 0.15) is 5.75 Å². The molecule has 1 saturated heterocycles. The first-order valence-corrected chi connectivity index (χ1v) is 8.61. The number of hydrogen-bond donors (Lipinski definition) is 2. The van der Waals surface area contributed by atoms with Crippen LogP contribution in [0.5, 0.6) is 5.75 Å². The van der Waals surface area contributed by atoms with E-state index in [4.69, 9.17) is 4.74 Å². The zero-order chi connectivity index (χ0) is 17.2. The standard InChI is InChI=1S/C18H27N3O3/c1-24-16-8-5-7-15(13-16)14-20-18(23)19-10-6-12-21-11-4-2-3-9-17(21)22/h5,7-8,13H,2-4,6,9-12,14H2,1H3,(H2,19,20,23). The number of benzene rings is 1. The minimum Gasteiger partial charge on any atom is -0.497 e. The van der Waals surface area contributed by atoms with Crippen LogP contribution in [0.1, 0.15) is 37.7 Å². The van der Waals surface area contributed by atoms with Gasteiger partial charge in [-0.2, -0.15) is 0 Å². The van der Waals surface area contributed by atoms with Gasteiger partial charge in [-0.15, -0.1) is 0 Å². The maximum Gasteiger partial charge on any atom is 0.315 e. The lowest BCUT2D eigenvalue weighted by Gasteiger charge is -2.20. The van der Waals surface area contributed by atoms with Crippen molar-refractivity contribution >= 4 is 11.9 Å². The Morgan fingerprint density at radius 2 is 2.12 bits per heavy atom. The summed E-state index contributed by atoms with van der Waals surface area (Å²) in [6.45, 7) is 2.58. The molecule has 132 valence electrons. The van der Waals surface area contributed by atoms with Crippen LogP contribution in [0.4, 0.5) is 4.79 Å². The molecule has 2 rings (SSSR count). The number of amides is 3. The maximum absolute atomic E-state index is 11.9. The van der Waals surface area contributed by atoms with Crippen LogP contribution >= 0.6 is 0 Å². The van der Waals surface area contributed by atoms with Crippen molar-refractivity contribution in [2.24, 2.45) is 0 Å². The summed E-state index contributed by atoms with van der Waals surface area (Å²) >= 11 is 0. The van der Waals surface area contributed by atoms with Gasteiger partial charge in [-0.1, -0.05) is 18.6 Å². The quantitative estimate of drug-likeness (QED) is 0.752. The van der Waals surface area contributed by atoms with Crippen LogP contribution in [0.25, 0.3) is 0 Å². The average molecular weight is 333 g/mol. The van der Waals surface area contributed by atoms with E-state index in [0.717, 1.165) is 50.1 Å². The third-order valence-corrected chi connectivity index (χ3v) is 4.15. The van der Waals surface area contributed by atoms with E-state index in [-0.39, 0.29) is 11.9 Å². The highest BCUT2D eigenvalue weighted by molar-refractivity contribution is 5.76. The fourth-order valence-corrected chi connectivity index (χ4v) is 2.77. The molecule has 0 bridgehead atoms. The zero-order valence-electron chi connectivity index (χ0n) is 14.3. The molecule has 0 unspecified atom stereocenters. The Kier molecular flexibility index (Phi) is 7.39. The molecule has 0 atom stereocenters. The number of ether oxygens (including phenoxy) is 1. The molecule has 1 aliphatic rings. The molecule has 6 nitrogen and oxygen atoms in total. The molecule has 3 amide bonds. The second kappa shape index (κ2) is 9.80. The van der Waals surface area contributed by atoms with Crippen LogP contribution in [-0.4, -0.2) is 43.6 Å². The highest BCUT2D eigenvalue weighted by Crippen LogP contribution is 2.12. The topological polar surface area (TPSA) is 70.7 Å². The summed E-state index contributed by atoms with van der Waals surface area (Å²) < 4.78 is 5.16.